The third-order valence-corrected chi connectivity index (χ3v) is 35.8. The molecular formula is C41H48N2P2Si2. The Bertz CT molecular complexity index is 2150. The molecule has 1 aliphatic heterocycles. The number of rotatable bonds is 2. The van der Waals surface area contributed by atoms with Crippen molar-refractivity contribution in [3.8, 4) is 0 Å². The van der Waals surface area contributed by atoms with Crippen LogP contribution in [0.3, 0.4) is 0 Å². The van der Waals surface area contributed by atoms with Gasteiger partial charge in [0.15, 0.2) is 0 Å². The zero-order valence-corrected chi connectivity index (χ0v) is 33.3. The summed E-state index contributed by atoms with van der Waals surface area (Å²) in [7, 11) is 0.423. The van der Waals surface area contributed by atoms with Crippen LogP contribution in [0, 0.1) is 0 Å². The minimum atomic E-state index is -2.34. The van der Waals surface area contributed by atoms with Gasteiger partial charge in [-0.3, -0.25) is 0 Å². The van der Waals surface area contributed by atoms with Gasteiger partial charge < -0.3 is 0 Å². The molecule has 1 heterocycles. The average molecular weight is 687 g/mol. The second kappa shape index (κ2) is 11.7. The maximum absolute atomic E-state index is 2.68. The number of hydrogen-bond acceptors (Lipinski definition) is 2. The first-order valence-corrected chi connectivity index (χ1v) is 29.5. The summed E-state index contributed by atoms with van der Waals surface area (Å²) in [5.41, 5.74) is 5.44. The van der Waals surface area contributed by atoms with E-state index in [9.17, 15) is 0 Å². The number of para-hydroxylation sites is 2. The summed E-state index contributed by atoms with van der Waals surface area (Å²) >= 11 is 0. The van der Waals surface area contributed by atoms with Crippen LogP contribution >= 0.6 is 14.3 Å². The molecule has 7 rings (SSSR count). The molecule has 1 unspecified atom stereocenters. The van der Waals surface area contributed by atoms with Crippen molar-refractivity contribution in [2.24, 2.45) is 0 Å². The predicted molar refractivity (Wildman–Crippen MR) is 223 cm³/mol. The molecule has 1 aliphatic rings. The number of fused-ring (bicyclic) bond motifs is 6. The Morgan fingerprint density at radius 2 is 0.936 bits per heavy atom. The molecule has 6 aromatic carbocycles. The fourth-order valence-electron chi connectivity index (χ4n) is 7.76. The molecule has 0 saturated heterocycles. The molecule has 0 radical (unpaired) electrons. The van der Waals surface area contributed by atoms with Gasteiger partial charge in [-0.25, -0.2) is 0 Å². The SMILES string of the molecule is CN1c2ccccc2P([Si](C)(C)C)c2cc3ccccc3cc2N(C)c2cc3ccccc3cc2[PH](C)([Si](C)(C)C)c2ccccc21. The Labute approximate surface area is 285 Å². The first-order chi connectivity index (χ1) is 22.3. The van der Waals surface area contributed by atoms with E-state index in [1.807, 2.05) is 0 Å². The third kappa shape index (κ3) is 5.29. The van der Waals surface area contributed by atoms with Gasteiger partial charge in [0, 0.05) is 0 Å². The van der Waals surface area contributed by atoms with Crippen molar-refractivity contribution < 1.29 is 0 Å². The van der Waals surface area contributed by atoms with Crippen molar-refractivity contribution in [3.05, 3.63) is 121 Å². The topological polar surface area (TPSA) is 6.48 Å². The molecule has 0 fully saturated rings. The second-order valence-electron chi connectivity index (χ2n) is 15.4. The first kappa shape index (κ1) is 32.3. The van der Waals surface area contributed by atoms with E-state index in [0.29, 0.717) is 0 Å². The summed E-state index contributed by atoms with van der Waals surface area (Å²) in [6.45, 7) is 15.9. The monoisotopic (exact) mass is 686 g/mol. The van der Waals surface area contributed by atoms with E-state index in [2.05, 4.69) is 191 Å². The molecule has 6 aromatic rings. The van der Waals surface area contributed by atoms with Gasteiger partial charge >= 0.3 is 286 Å². The van der Waals surface area contributed by atoms with Crippen LogP contribution < -0.4 is 31.0 Å². The van der Waals surface area contributed by atoms with E-state index in [1.54, 1.807) is 10.6 Å². The molecule has 47 heavy (non-hydrogen) atoms. The molecule has 6 heteroatoms. The Morgan fingerprint density at radius 3 is 1.53 bits per heavy atom. The average Bonchev–Trinajstić information content (AvgIpc) is 3.05. The first-order valence-electron chi connectivity index (χ1n) is 16.8. The minimum absolute atomic E-state index is 0.648. The summed E-state index contributed by atoms with van der Waals surface area (Å²) in [6, 6.07) is 46.8. The number of anilines is 4. The van der Waals surface area contributed by atoms with Crippen molar-refractivity contribution in [1.82, 2.24) is 0 Å². The summed E-state index contributed by atoms with van der Waals surface area (Å²) in [5.74, 6) is 0. The molecule has 0 spiro atoms. The quantitative estimate of drug-likeness (QED) is 0.132. The second-order valence-corrected chi connectivity index (χ2v) is 42.1. The van der Waals surface area contributed by atoms with Crippen molar-refractivity contribution >= 4 is 95.3 Å². The molecular weight excluding hydrogens is 639 g/mol. The fourth-order valence-corrected chi connectivity index (χ4v) is 26.7. The van der Waals surface area contributed by atoms with Crippen molar-refractivity contribution in [2.75, 3.05) is 30.6 Å². The van der Waals surface area contributed by atoms with Gasteiger partial charge in [-0.2, -0.15) is 0 Å². The summed E-state index contributed by atoms with van der Waals surface area (Å²) in [6.07, 6.45) is 0. The molecule has 2 nitrogen and oxygen atoms in total. The van der Waals surface area contributed by atoms with Crippen LogP contribution in [0.15, 0.2) is 121 Å². The van der Waals surface area contributed by atoms with Gasteiger partial charge in [0.1, 0.15) is 0 Å². The Hall–Kier alpha value is -3.27. The van der Waals surface area contributed by atoms with E-state index >= 15 is 0 Å². The molecule has 0 bridgehead atoms. The van der Waals surface area contributed by atoms with Crippen molar-refractivity contribution in [2.45, 2.75) is 39.3 Å². The molecule has 0 aromatic heterocycles. The van der Waals surface area contributed by atoms with Crippen LogP contribution in [0.4, 0.5) is 22.7 Å². The van der Waals surface area contributed by atoms with Crippen LogP contribution in [0.2, 0.25) is 39.3 Å². The Balaban J connectivity index is 1.71. The fraction of sp³-hybridized carbons (Fsp3) is 0.220. The number of hydrogen-bond donors (Lipinski definition) is 0. The van der Waals surface area contributed by atoms with Gasteiger partial charge in [-0.05, 0) is 0 Å². The van der Waals surface area contributed by atoms with Crippen LogP contribution in [-0.4, -0.2) is 36.2 Å². The molecule has 240 valence electrons. The van der Waals surface area contributed by atoms with Crippen LogP contribution in [0.25, 0.3) is 21.5 Å². The summed E-state index contributed by atoms with van der Waals surface area (Å²) in [5, 5.41) is 11.4. The van der Waals surface area contributed by atoms with Gasteiger partial charge in [0.2, 0.25) is 0 Å². The molecule has 0 amide bonds. The standard InChI is InChI=1S/C41H48N2P2Si2/c1-42-34-22-14-16-24-38(34)44(46(4,5)6)39-28-32-20-12-10-18-30(32)26-36(39)43(2)37-27-31-19-11-13-21-33(31)29-41(37)45(3,47(7,8)9)40-25-17-15-23-35(40)42/h10-29,45H,1-9H3. The Morgan fingerprint density at radius 1 is 0.468 bits per heavy atom. The molecule has 0 aliphatic carbocycles. The molecule has 0 N–H and O–H groups in total. The summed E-state index contributed by atoms with van der Waals surface area (Å²) in [4.78, 5) is 5.15. The van der Waals surface area contributed by atoms with Gasteiger partial charge in [-0.1, -0.05) is 0 Å². The van der Waals surface area contributed by atoms with Crippen LogP contribution in [-0.2, 0) is 0 Å². The predicted octanol–water partition coefficient (Wildman–Crippen LogP) is 10.3. The Kier molecular flexibility index (Phi) is 8.04. The van der Waals surface area contributed by atoms with Crippen molar-refractivity contribution in [1.29, 1.82) is 0 Å². The van der Waals surface area contributed by atoms with Gasteiger partial charge in [-0.15, -0.1) is 0 Å². The van der Waals surface area contributed by atoms with E-state index in [0.717, 1.165) is 0 Å². The normalized spacial score (nSPS) is 17.2. The van der Waals surface area contributed by atoms with Crippen molar-refractivity contribution in [3.63, 3.8) is 0 Å². The molecule has 0 saturated carbocycles. The zero-order valence-electron chi connectivity index (χ0n) is 29.4. The number of nitrogens with zero attached hydrogens (tertiary/aromatic N) is 2. The van der Waals surface area contributed by atoms with Gasteiger partial charge in [0.05, 0.1) is 0 Å². The third-order valence-electron chi connectivity index (χ3n) is 10.7. The van der Waals surface area contributed by atoms with E-state index in [4.69, 9.17) is 0 Å². The van der Waals surface area contributed by atoms with Crippen LogP contribution in [0.1, 0.15) is 0 Å². The van der Waals surface area contributed by atoms with Crippen LogP contribution in [0.5, 0.6) is 0 Å². The maximum atomic E-state index is 2.68. The number of benzene rings is 6. The molecule has 1 atom stereocenters. The van der Waals surface area contributed by atoms with E-state index < -0.39 is 29.8 Å². The van der Waals surface area contributed by atoms with Gasteiger partial charge in [0.25, 0.3) is 0 Å². The van der Waals surface area contributed by atoms with E-state index in [-0.39, 0.29) is 0 Å². The van der Waals surface area contributed by atoms with E-state index in [1.165, 1.54) is 54.9 Å². The summed E-state index contributed by atoms with van der Waals surface area (Å²) < 4.78 is 0. The zero-order chi connectivity index (χ0) is 33.3.